The third-order valence-electron chi connectivity index (χ3n) is 11.0. The molecule has 20 nitrogen and oxygen atoms in total. The molecule has 12 N–H and O–H groups in total. The molecule has 1 aromatic carbocycles. The van der Waals surface area contributed by atoms with Crippen LogP contribution >= 0.6 is 11.8 Å². The molecule has 1 aromatic heterocycles. The number of nitrogens with one attached hydrogen (secondary N) is 8. The van der Waals surface area contributed by atoms with Crippen molar-refractivity contribution in [2.24, 2.45) is 17.6 Å². The third kappa shape index (κ3) is 11.1. The first-order valence-corrected chi connectivity index (χ1v) is 20.6. The van der Waals surface area contributed by atoms with Crippen LogP contribution in [0.4, 0.5) is 0 Å². The summed E-state index contributed by atoms with van der Waals surface area (Å²) in [4.78, 5) is 114. The highest BCUT2D eigenvalue weighted by atomic mass is 32.2. The van der Waals surface area contributed by atoms with Gasteiger partial charge in [0.1, 0.15) is 24.2 Å². The predicted molar refractivity (Wildman–Crippen MR) is 214 cm³/mol. The van der Waals surface area contributed by atoms with E-state index in [9.17, 15) is 48.6 Å². The summed E-state index contributed by atoms with van der Waals surface area (Å²) in [5, 5.41) is 41.4. The number of benzene rings is 1. The van der Waals surface area contributed by atoms with E-state index >= 15 is 0 Å². The number of thioether (sulfide) groups is 1. The molecule has 1 fully saturated rings. The highest BCUT2D eigenvalue weighted by Gasteiger charge is 2.43. The quantitative estimate of drug-likeness (QED) is 0.137. The number of H-pyrrole nitrogens is 1. The van der Waals surface area contributed by atoms with Gasteiger partial charge in [-0.05, 0) is 24.5 Å². The Bertz CT molecular complexity index is 1940. The number of fused-ring (bicyclic) bond motifs is 5. The predicted octanol–water partition coefficient (Wildman–Crippen LogP) is -3.18. The number of aromatic amines is 1. The Hall–Kier alpha value is -5.25. The standard InChI is InChI=1S/C38H54N10O10S/c1-5-17(2)31-35(56)41-13-29(52)42-26-16-59-37-22(21-8-6-7-9-23(21)45-37)11-24(33(54)40-14-30(53)47-31)43-36(57)32(18(3)19(4)49)46-28-10-20(50)15-48(28)38(58)25(12-27(39)51)44-34(26)55/h6-9,17-20,24-26,28,31-32,45-46,49-50H,5,10-16H2,1-4H3,(H2,39,51)(H,40,54)(H,41,56)(H,42,52)(H,43,57)(H,44,55)(H,47,53)/t17-,18-,19-,20+,24+,25-,26-,28-,31-,32-/m0/s1. The lowest BCUT2D eigenvalue weighted by Gasteiger charge is -2.35. The van der Waals surface area contributed by atoms with Crippen LogP contribution in [0.5, 0.6) is 0 Å². The largest absolute Gasteiger partial charge is 0.393 e. The average molecular weight is 843 g/mol. The zero-order valence-electron chi connectivity index (χ0n) is 33.3. The molecule has 59 heavy (non-hydrogen) atoms. The fourth-order valence-corrected chi connectivity index (χ4v) is 8.42. The fraction of sp³-hybridized carbons (Fsp3) is 0.579. The van der Waals surface area contributed by atoms with Crippen molar-refractivity contribution >= 4 is 69.9 Å². The van der Waals surface area contributed by atoms with Gasteiger partial charge in [-0.3, -0.25) is 43.7 Å². The Morgan fingerprint density at radius 2 is 1.56 bits per heavy atom. The number of carbonyl (C=O) groups excluding carboxylic acids is 8. The summed E-state index contributed by atoms with van der Waals surface area (Å²) in [5.74, 6) is -7.77. The van der Waals surface area contributed by atoms with Crippen molar-refractivity contribution in [3.05, 3.63) is 29.8 Å². The molecule has 10 atom stereocenters. The minimum atomic E-state index is -1.57. The lowest BCUT2D eigenvalue weighted by molar-refractivity contribution is -0.141. The summed E-state index contributed by atoms with van der Waals surface area (Å²) in [6, 6.07) is 0.435. The maximum atomic E-state index is 14.4. The van der Waals surface area contributed by atoms with E-state index in [1.54, 1.807) is 45.0 Å². The van der Waals surface area contributed by atoms with Crippen molar-refractivity contribution in [2.75, 3.05) is 25.4 Å². The number of para-hydroxylation sites is 1. The van der Waals surface area contributed by atoms with Crippen molar-refractivity contribution < 1.29 is 48.6 Å². The molecular formula is C38H54N10O10S. The van der Waals surface area contributed by atoms with Crippen molar-refractivity contribution in [3.63, 3.8) is 0 Å². The van der Waals surface area contributed by atoms with Gasteiger partial charge in [0.15, 0.2) is 0 Å². The Morgan fingerprint density at radius 3 is 2.24 bits per heavy atom. The number of aliphatic hydroxyl groups is 2. The van der Waals surface area contributed by atoms with E-state index in [0.29, 0.717) is 27.9 Å². The fourth-order valence-electron chi connectivity index (χ4n) is 7.31. The van der Waals surface area contributed by atoms with Crippen molar-refractivity contribution in [2.45, 2.75) is 107 Å². The number of rotatable bonds is 6. The first-order valence-electron chi connectivity index (χ1n) is 19.6. The Morgan fingerprint density at radius 1 is 0.881 bits per heavy atom. The van der Waals surface area contributed by atoms with Gasteiger partial charge in [0.2, 0.25) is 47.3 Å². The van der Waals surface area contributed by atoms with Crippen molar-refractivity contribution in [1.29, 1.82) is 0 Å². The second-order valence-corrected chi connectivity index (χ2v) is 16.4. The number of hydrogen-bond donors (Lipinski definition) is 11. The second-order valence-electron chi connectivity index (χ2n) is 15.4. The molecule has 2 aromatic rings. The van der Waals surface area contributed by atoms with Gasteiger partial charge in [-0.2, -0.15) is 0 Å². The third-order valence-corrected chi connectivity index (χ3v) is 12.2. The highest BCUT2D eigenvalue weighted by Crippen LogP contribution is 2.32. The van der Waals surface area contributed by atoms with Crippen molar-refractivity contribution in [1.82, 2.24) is 47.1 Å². The summed E-state index contributed by atoms with van der Waals surface area (Å²) < 4.78 is 0. The molecule has 5 rings (SSSR count). The number of hydrogen-bond acceptors (Lipinski definition) is 12. The normalized spacial score (nSPS) is 28.5. The minimum Gasteiger partial charge on any atom is -0.393 e. The van der Waals surface area contributed by atoms with Crippen molar-refractivity contribution in [3.8, 4) is 0 Å². The van der Waals surface area contributed by atoms with Gasteiger partial charge >= 0.3 is 0 Å². The van der Waals surface area contributed by atoms with E-state index in [-0.39, 0.29) is 25.1 Å². The Kier molecular flexibility index (Phi) is 14.9. The number of carbonyl (C=O) groups is 8. The van der Waals surface area contributed by atoms with Crippen LogP contribution in [0.15, 0.2) is 29.3 Å². The summed E-state index contributed by atoms with van der Waals surface area (Å²) in [7, 11) is 0. The van der Waals surface area contributed by atoms with E-state index in [2.05, 4.69) is 42.2 Å². The second kappa shape index (κ2) is 19.7. The lowest BCUT2D eigenvalue weighted by atomic mass is 9.94. The van der Waals surface area contributed by atoms with E-state index in [1.807, 2.05) is 0 Å². The maximum Gasteiger partial charge on any atom is 0.247 e. The molecule has 1 saturated heterocycles. The van der Waals surface area contributed by atoms with Crippen LogP contribution in [-0.4, -0.2) is 141 Å². The molecule has 0 spiro atoms. The van der Waals surface area contributed by atoms with Gasteiger partial charge in [-0.1, -0.05) is 45.4 Å². The molecule has 3 aliphatic rings. The molecule has 4 heterocycles. The molecule has 8 amide bonds. The van der Waals surface area contributed by atoms with E-state index < -0.39 is 127 Å². The average Bonchev–Trinajstić information content (AvgIpc) is 3.74. The SMILES string of the molecule is CC[C@H](C)[C@@H]1NC(=O)CNC(=O)[C@H]2Cc3c([nH]c4ccccc34)SC[C@H](NC(=O)CNC1=O)C(=O)N[C@@H](CC(N)=O)C(=O)N1C[C@H](O)C[C@H]1N[C@@H]([C@@H](C)[C@H](C)O)C(=O)N2. The number of primary amides is 1. The van der Waals surface area contributed by atoms with Gasteiger partial charge in [-0.25, -0.2) is 0 Å². The molecule has 0 aliphatic carbocycles. The lowest BCUT2D eigenvalue weighted by Crippen LogP contribution is -2.62. The van der Waals surface area contributed by atoms with Gasteiger partial charge < -0.3 is 57.7 Å². The number of nitrogens with two attached hydrogens (primary N) is 1. The van der Waals surface area contributed by atoms with Crippen LogP contribution in [0.3, 0.4) is 0 Å². The summed E-state index contributed by atoms with van der Waals surface area (Å²) >= 11 is 1.09. The van der Waals surface area contributed by atoms with Crippen LogP contribution in [0.25, 0.3) is 10.9 Å². The summed E-state index contributed by atoms with van der Waals surface area (Å²) in [5.41, 5.74) is 6.74. The summed E-state index contributed by atoms with van der Waals surface area (Å²) in [6.07, 6.45) is -3.69. The smallest absolute Gasteiger partial charge is 0.247 e. The molecule has 2 bridgehead atoms. The molecule has 322 valence electrons. The van der Waals surface area contributed by atoms with Crippen LogP contribution in [0.1, 0.15) is 52.5 Å². The minimum absolute atomic E-state index is 0.0876. The van der Waals surface area contributed by atoms with Gasteiger partial charge in [0.25, 0.3) is 0 Å². The molecule has 0 radical (unpaired) electrons. The number of aliphatic hydroxyl groups excluding tert-OH is 2. The molecule has 21 heteroatoms. The Balaban J connectivity index is 1.67. The van der Waals surface area contributed by atoms with E-state index in [4.69, 9.17) is 5.73 Å². The molecule has 0 saturated carbocycles. The maximum absolute atomic E-state index is 14.4. The molecular weight excluding hydrogens is 789 g/mol. The van der Waals surface area contributed by atoms with Crippen LogP contribution < -0.4 is 43.0 Å². The van der Waals surface area contributed by atoms with Crippen LogP contribution in [0, 0.1) is 11.8 Å². The highest BCUT2D eigenvalue weighted by molar-refractivity contribution is 7.99. The molecule has 3 aliphatic heterocycles. The monoisotopic (exact) mass is 842 g/mol. The zero-order valence-corrected chi connectivity index (χ0v) is 34.1. The zero-order chi connectivity index (χ0) is 43.1. The molecule has 0 unspecified atom stereocenters. The first-order chi connectivity index (χ1) is 28.0. The van der Waals surface area contributed by atoms with Crippen LogP contribution in [-0.2, 0) is 44.8 Å². The summed E-state index contributed by atoms with van der Waals surface area (Å²) in [6.45, 7) is 5.13. The number of amides is 8. The topological polar surface area (TPSA) is 306 Å². The number of aromatic nitrogens is 1. The number of nitrogens with zero attached hydrogens (tertiary/aromatic N) is 1. The van der Waals surface area contributed by atoms with E-state index in [1.165, 1.54) is 6.92 Å². The van der Waals surface area contributed by atoms with E-state index in [0.717, 1.165) is 16.7 Å². The first kappa shape index (κ1) is 44.8. The van der Waals surface area contributed by atoms with Crippen LogP contribution in [0.2, 0.25) is 0 Å². The Labute approximate surface area is 344 Å². The van der Waals surface area contributed by atoms with Gasteiger partial charge in [0, 0.05) is 42.0 Å². The van der Waals surface area contributed by atoms with Gasteiger partial charge in [-0.15, -0.1) is 11.8 Å². The van der Waals surface area contributed by atoms with Gasteiger partial charge in [0.05, 0.1) is 49.0 Å².